The molecule has 1 unspecified atom stereocenters. The summed E-state index contributed by atoms with van der Waals surface area (Å²) in [4.78, 5) is 37.5. The zero-order chi connectivity index (χ0) is 38.0. The Morgan fingerprint density at radius 1 is 0.404 bits per heavy atom. The third-order valence-electron chi connectivity index (χ3n) is 8.57. The van der Waals surface area contributed by atoms with Crippen LogP contribution in [-0.2, 0) is 28.6 Å². The highest BCUT2D eigenvalue weighted by Crippen LogP contribution is 2.13. The Balaban J connectivity index is 4.52. The van der Waals surface area contributed by atoms with Gasteiger partial charge in [-0.2, -0.15) is 0 Å². The maximum absolute atomic E-state index is 12.7. The van der Waals surface area contributed by atoms with Gasteiger partial charge in [0, 0.05) is 19.3 Å². The van der Waals surface area contributed by atoms with Crippen molar-refractivity contribution < 1.29 is 28.6 Å². The number of rotatable bonds is 36. The van der Waals surface area contributed by atoms with Gasteiger partial charge in [0.2, 0.25) is 0 Å². The predicted molar refractivity (Wildman–Crippen MR) is 219 cm³/mol. The Morgan fingerprint density at radius 2 is 0.808 bits per heavy atom. The molecule has 0 radical (unpaired) electrons. The average molecular weight is 725 g/mol. The van der Waals surface area contributed by atoms with E-state index in [2.05, 4.69) is 39.0 Å². The molecule has 0 rings (SSSR count). The summed E-state index contributed by atoms with van der Waals surface area (Å²) in [6, 6.07) is 0. The van der Waals surface area contributed by atoms with Gasteiger partial charge >= 0.3 is 17.9 Å². The van der Waals surface area contributed by atoms with Crippen LogP contribution < -0.4 is 0 Å². The van der Waals surface area contributed by atoms with Gasteiger partial charge in [-0.15, -0.1) is 0 Å². The maximum atomic E-state index is 12.7. The SMILES string of the molecule is CC\C=C/C=C\C=C/C=C\C=C/CCCC(=O)OCC(COC(=O)CCCCCC/C=C\CCCC)OC(=O)CCCCCCCCCCCCC. The molecule has 0 saturated carbocycles. The molecule has 52 heavy (non-hydrogen) atoms. The minimum atomic E-state index is -0.803. The minimum Gasteiger partial charge on any atom is -0.462 e. The van der Waals surface area contributed by atoms with Crippen molar-refractivity contribution in [3.8, 4) is 0 Å². The molecule has 0 bridgehead atoms. The lowest BCUT2D eigenvalue weighted by molar-refractivity contribution is -0.167. The first-order valence-corrected chi connectivity index (χ1v) is 21.0. The van der Waals surface area contributed by atoms with Gasteiger partial charge in [0.1, 0.15) is 13.2 Å². The van der Waals surface area contributed by atoms with Crippen molar-refractivity contribution in [1.82, 2.24) is 0 Å². The molecule has 0 amide bonds. The Labute approximate surface area is 319 Å². The zero-order valence-electron chi connectivity index (χ0n) is 33.5. The van der Waals surface area contributed by atoms with Crippen LogP contribution in [0.3, 0.4) is 0 Å². The topological polar surface area (TPSA) is 78.9 Å². The summed E-state index contributed by atoms with van der Waals surface area (Å²) in [7, 11) is 0. The Bertz CT molecular complexity index is 1020. The van der Waals surface area contributed by atoms with Crippen LogP contribution in [0, 0.1) is 0 Å². The number of allylic oxidation sites excluding steroid dienone is 12. The fourth-order valence-corrected chi connectivity index (χ4v) is 5.39. The number of ether oxygens (including phenoxy) is 3. The molecule has 0 fully saturated rings. The lowest BCUT2D eigenvalue weighted by Crippen LogP contribution is -2.30. The molecule has 0 aromatic heterocycles. The second kappa shape index (κ2) is 40.6. The van der Waals surface area contributed by atoms with Crippen molar-refractivity contribution in [2.24, 2.45) is 0 Å². The number of esters is 3. The van der Waals surface area contributed by atoms with E-state index < -0.39 is 6.10 Å². The van der Waals surface area contributed by atoms with Gasteiger partial charge < -0.3 is 14.2 Å². The third kappa shape index (κ3) is 38.1. The molecule has 0 aliphatic rings. The first kappa shape index (κ1) is 48.9. The zero-order valence-corrected chi connectivity index (χ0v) is 33.5. The van der Waals surface area contributed by atoms with E-state index in [0.717, 1.165) is 70.6 Å². The van der Waals surface area contributed by atoms with Crippen molar-refractivity contribution in [1.29, 1.82) is 0 Å². The summed E-state index contributed by atoms with van der Waals surface area (Å²) in [6.45, 7) is 6.33. The number of unbranched alkanes of at least 4 members (excludes halogenated alkanes) is 17. The monoisotopic (exact) mass is 725 g/mol. The molecule has 0 heterocycles. The fourth-order valence-electron chi connectivity index (χ4n) is 5.39. The molecule has 6 nitrogen and oxygen atoms in total. The largest absolute Gasteiger partial charge is 0.462 e. The van der Waals surface area contributed by atoms with Gasteiger partial charge in [-0.05, 0) is 51.4 Å². The van der Waals surface area contributed by atoms with E-state index in [1.54, 1.807) is 0 Å². The second-order valence-corrected chi connectivity index (χ2v) is 13.6. The lowest BCUT2D eigenvalue weighted by Gasteiger charge is -2.18. The summed E-state index contributed by atoms with van der Waals surface area (Å²) in [6.07, 6.45) is 48.9. The van der Waals surface area contributed by atoms with Crippen molar-refractivity contribution in [2.75, 3.05) is 13.2 Å². The highest BCUT2D eigenvalue weighted by Gasteiger charge is 2.19. The van der Waals surface area contributed by atoms with Crippen LogP contribution in [0.5, 0.6) is 0 Å². The number of carbonyl (C=O) groups is 3. The molecular weight excluding hydrogens is 648 g/mol. The van der Waals surface area contributed by atoms with Crippen LogP contribution in [0.4, 0.5) is 0 Å². The molecule has 0 aromatic carbocycles. The summed E-state index contributed by atoms with van der Waals surface area (Å²) in [5.41, 5.74) is 0. The van der Waals surface area contributed by atoms with Crippen LogP contribution >= 0.6 is 0 Å². The smallest absolute Gasteiger partial charge is 0.306 e. The number of hydrogen-bond donors (Lipinski definition) is 0. The van der Waals surface area contributed by atoms with E-state index in [9.17, 15) is 14.4 Å². The Kier molecular flexibility index (Phi) is 38.2. The number of hydrogen-bond acceptors (Lipinski definition) is 6. The van der Waals surface area contributed by atoms with Crippen molar-refractivity contribution in [2.45, 2.75) is 187 Å². The molecule has 0 aliphatic carbocycles. The van der Waals surface area contributed by atoms with Gasteiger partial charge in [0.15, 0.2) is 6.10 Å². The molecule has 0 aliphatic heterocycles. The normalized spacial score (nSPS) is 12.8. The van der Waals surface area contributed by atoms with Gasteiger partial charge in [0.05, 0.1) is 0 Å². The van der Waals surface area contributed by atoms with E-state index in [4.69, 9.17) is 14.2 Å². The molecule has 0 N–H and O–H groups in total. The summed E-state index contributed by atoms with van der Waals surface area (Å²) >= 11 is 0. The highest BCUT2D eigenvalue weighted by atomic mass is 16.6. The average Bonchev–Trinajstić information content (AvgIpc) is 3.14. The second-order valence-electron chi connectivity index (χ2n) is 13.6. The molecule has 296 valence electrons. The highest BCUT2D eigenvalue weighted by molar-refractivity contribution is 5.71. The van der Waals surface area contributed by atoms with Gasteiger partial charge in [-0.3, -0.25) is 14.4 Å². The van der Waals surface area contributed by atoms with Crippen LogP contribution in [0.25, 0.3) is 0 Å². The van der Waals surface area contributed by atoms with Crippen LogP contribution in [0.2, 0.25) is 0 Å². The van der Waals surface area contributed by atoms with E-state index in [0.29, 0.717) is 19.3 Å². The first-order valence-electron chi connectivity index (χ1n) is 21.0. The first-order chi connectivity index (χ1) is 25.5. The summed E-state index contributed by atoms with van der Waals surface area (Å²) in [5.74, 6) is -1.00. The minimum absolute atomic E-state index is 0.104. The predicted octanol–water partition coefficient (Wildman–Crippen LogP) is 13.1. The molecule has 0 spiro atoms. The number of carbonyl (C=O) groups excluding carboxylic acids is 3. The van der Waals surface area contributed by atoms with E-state index >= 15 is 0 Å². The third-order valence-corrected chi connectivity index (χ3v) is 8.57. The van der Waals surface area contributed by atoms with E-state index in [-0.39, 0.29) is 37.5 Å². The van der Waals surface area contributed by atoms with Crippen molar-refractivity contribution >= 4 is 17.9 Å². The van der Waals surface area contributed by atoms with E-state index in [1.165, 1.54) is 64.2 Å². The van der Waals surface area contributed by atoms with E-state index in [1.807, 2.05) is 54.7 Å². The van der Waals surface area contributed by atoms with Crippen LogP contribution in [0.15, 0.2) is 72.9 Å². The lowest BCUT2D eigenvalue weighted by atomic mass is 10.1. The Morgan fingerprint density at radius 3 is 1.35 bits per heavy atom. The fraction of sp³-hybridized carbons (Fsp3) is 0.674. The molecular formula is C46H76O6. The van der Waals surface area contributed by atoms with Crippen molar-refractivity contribution in [3.63, 3.8) is 0 Å². The Hall–Kier alpha value is -3.15. The standard InChI is InChI=1S/C46H76O6/c1-4-7-10-13-16-19-22-23-25-27-30-33-36-39-45(48)51-42-43(41-50-44(47)38-35-32-29-26-21-18-15-12-9-6-3)52-46(49)40-37-34-31-28-24-20-17-14-11-8-5-2/h7,10,13,15-16,18-19,22-23,25,27,30,43H,4-6,8-9,11-12,14,17,20-21,24,26,28-29,31-42H2,1-3H3/b10-7-,16-13-,18-15-,22-19-,25-23-,30-27-. The quantitative estimate of drug-likeness (QED) is 0.0210. The summed E-state index contributed by atoms with van der Waals surface area (Å²) < 4.78 is 16.6. The molecule has 0 saturated heterocycles. The van der Waals surface area contributed by atoms with Crippen molar-refractivity contribution in [3.05, 3.63) is 72.9 Å². The van der Waals surface area contributed by atoms with Gasteiger partial charge in [0.25, 0.3) is 0 Å². The molecule has 0 aromatic rings. The maximum Gasteiger partial charge on any atom is 0.306 e. The molecule has 1 atom stereocenters. The van der Waals surface area contributed by atoms with Crippen LogP contribution in [-0.4, -0.2) is 37.2 Å². The van der Waals surface area contributed by atoms with Gasteiger partial charge in [-0.1, -0.05) is 184 Å². The summed E-state index contributed by atoms with van der Waals surface area (Å²) in [5, 5.41) is 0. The van der Waals surface area contributed by atoms with Crippen LogP contribution in [0.1, 0.15) is 181 Å². The molecule has 6 heteroatoms. The van der Waals surface area contributed by atoms with Gasteiger partial charge in [-0.25, -0.2) is 0 Å².